The average Bonchev–Trinajstić information content (AvgIpc) is 2.69. The van der Waals surface area contributed by atoms with Crippen LogP contribution in [0, 0.1) is 11.6 Å². The van der Waals surface area contributed by atoms with Gasteiger partial charge in [-0.05, 0) is 24.6 Å². The maximum atomic E-state index is 13.3. The highest BCUT2D eigenvalue weighted by atomic mass is 32.2. The predicted molar refractivity (Wildman–Crippen MR) is 72.1 cm³/mol. The average molecular weight is 307 g/mol. The Bertz CT molecular complexity index is 549. The molecule has 1 atom stereocenters. The molecule has 1 N–H and O–H groups in total. The van der Waals surface area contributed by atoms with Crippen molar-refractivity contribution in [2.45, 2.75) is 17.4 Å². The van der Waals surface area contributed by atoms with Crippen molar-refractivity contribution < 1.29 is 17.2 Å². The summed E-state index contributed by atoms with van der Waals surface area (Å²) >= 11 is 1.22. The molecule has 1 aromatic rings. The van der Waals surface area contributed by atoms with Crippen LogP contribution < -0.4 is 5.32 Å². The summed E-state index contributed by atoms with van der Waals surface area (Å²) in [7, 11) is -2.88. The number of hydrogen-bond acceptors (Lipinski definition) is 4. The molecular weight excluding hydrogens is 292 g/mol. The second-order valence-corrected chi connectivity index (χ2v) is 7.84. The fourth-order valence-corrected chi connectivity index (χ4v) is 4.52. The molecule has 1 saturated heterocycles. The fourth-order valence-electron chi connectivity index (χ4n) is 1.97. The van der Waals surface area contributed by atoms with Gasteiger partial charge in [0.05, 0.1) is 11.5 Å². The van der Waals surface area contributed by atoms with E-state index in [0.29, 0.717) is 18.7 Å². The molecule has 7 heteroatoms. The molecule has 0 amide bonds. The second-order valence-electron chi connectivity index (χ2n) is 4.48. The van der Waals surface area contributed by atoms with Gasteiger partial charge in [0, 0.05) is 23.2 Å². The van der Waals surface area contributed by atoms with Crippen molar-refractivity contribution in [1.82, 2.24) is 5.32 Å². The third kappa shape index (κ3) is 4.43. The first-order valence-corrected chi connectivity index (χ1v) is 8.79. The van der Waals surface area contributed by atoms with Crippen LogP contribution in [0.2, 0.25) is 0 Å². The van der Waals surface area contributed by atoms with Gasteiger partial charge in [0.1, 0.15) is 11.6 Å². The van der Waals surface area contributed by atoms with Crippen molar-refractivity contribution in [2.75, 3.05) is 23.8 Å². The Morgan fingerprint density at radius 2 is 2.16 bits per heavy atom. The molecule has 1 aliphatic rings. The molecule has 19 heavy (non-hydrogen) atoms. The van der Waals surface area contributed by atoms with Crippen LogP contribution >= 0.6 is 11.8 Å². The smallest absolute Gasteiger partial charge is 0.151 e. The summed E-state index contributed by atoms with van der Waals surface area (Å²) in [6, 6.07) is 3.35. The molecule has 0 saturated carbocycles. The van der Waals surface area contributed by atoms with Gasteiger partial charge in [0.25, 0.3) is 0 Å². The Morgan fingerprint density at radius 1 is 1.37 bits per heavy atom. The van der Waals surface area contributed by atoms with Gasteiger partial charge in [-0.1, -0.05) is 0 Å². The van der Waals surface area contributed by atoms with Gasteiger partial charge in [-0.25, -0.2) is 17.2 Å². The lowest BCUT2D eigenvalue weighted by Crippen LogP contribution is -2.31. The van der Waals surface area contributed by atoms with Crippen molar-refractivity contribution in [3.63, 3.8) is 0 Å². The zero-order chi connectivity index (χ0) is 13.9. The second kappa shape index (κ2) is 6.19. The third-order valence-corrected chi connectivity index (χ3v) is 5.72. The molecular formula is C12H15F2NO2S2. The molecule has 1 heterocycles. The van der Waals surface area contributed by atoms with Crippen LogP contribution in [-0.2, 0) is 9.84 Å². The highest BCUT2D eigenvalue weighted by Gasteiger charge is 2.26. The van der Waals surface area contributed by atoms with Crippen molar-refractivity contribution in [3.05, 3.63) is 29.8 Å². The van der Waals surface area contributed by atoms with Gasteiger partial charge in [-0.15, -0.1) is 11.8 Å². The van der Waals surface area contributed by atoms with E-state index in [2.05, 4.69) is 5.32 Å². The molecule has 106 valence electrons. The largest absolute Gasteiger partial charge is 0.312 e. The summed E-state index contributed by atoms with van der Waals surface area (Å²) < 4.78 is 48.7. The number of thioether (sulfide) groups is 1. The number of benzene rings is 1. The van der Waals surface area contributed by atoms with E-state index in [-0.39, 0.29) is 22.4 Å². The number of hydrogen-bond donors (Lipinski definition) is 1. The summed E-state index contributed by atoms with van der Waals surface area (Å²) in [6.45, 7) is 0.570. The Labute approximate surface area is 115 Å². The molecule has 1 fully saturated rings. The van der Waals surface area contributed by atoms with E-state index >= 15 is 0 Å². The van der Waals surface area contributed by atoms with E-state index in [0.717, 1.165) is 12.1 Å². The van der Waals surface area contributed by atoms with Gasteiger partial charge < -0.3 is 5.32 Å². The summed E-state index contributed by atoms with van der Waals surface area (Å²) in [6.07, 6.45) is 0.626. The molecule has 1 aromatic carbocycles. The molecule has 0 radical (unpaired) electrons. The molecule has 3 nitrogen and oxygen atoms in total. The highest BCUT2D eigenvalue weighted by Crippen LogP contribution is 2.22. The van der Waals surface area contributed by atoms with Crippen molar-refractivity contribution in [2.24, 2.45) is 0 Å². The lowest BCUT2D eigenvalue weighted by atomic mass is 10.3. The van der Waals surface area contributed by atoms with E-state index in [9.17, 15) is 17.2 Å². The summed E-state index contributed by atoms with van der Waals surface area (Å²) in [5, 5.41) is 3.13. The first-order valence-electron chi connectivity index (χ1n) is 5.98. The molecule has 0 bridgehead atoms. The predicted octanol–water partition coefficient (Wildman–Crippen LogP) is 1.83. The number of rotatable bonds is 5. The van der Waals surface area contributed by atoms with E-state index < -0.39 is 21.5 Å². The van der Waals surface area contributed by atoms with Crippen molar-refractivity contribution in [3.8, 4) is 0 Å². The molecule has 1 aliphatic heterocycles. The SMILES string of the molecule is O=S1(=O)CCC(NCCSc2cc(F)ccc2F)C1. The highest BCUT2D eigenvalue weighted by molar-refractivity contribution is 7.99. The zero-order valence-corrected chi connectivity index (χ0v) is 11.9. The summed E-state index contributed by atoms with van der Waals surface area (Å²) in [5.74, 6) is 0.0767. The minimum Gasteiger partial charge on any atom is -0.312 e. The third-order valence-electron chi connectivity index (χ3n) is 2.92. The Balaban J connectivity index is 1.74. The first kappa shape index (κ1) is 14.7. The van der Waals surface area contributed by atoms with Crippen LogP contribution in [0.5, 0.6) is 0 Å². The van der Waals surface area contributed by atoms with Gasteiger partial charge in [0.2, 0.25) is 0 Å². The van der Waals surface area contributed by atoms with Crippen LogP contribution in [-0.4, -0.2) is 38.3 Å². The number of halogens is 2. The quantitative estimate of drug-likeness (QED) is 0.666. The number of sulfone groups is 1. The molecule has 0 aliphatic carbocycles. The minimum atomic E-state index is -2.88. The monoisotopic (exact) mass is 307 g/mol. The lowest BCUT2D eigenvalue weighted by molar-refractivity contribution is 0.571. The lowest BCUT2D eigenvalue weighted by Gasteiger charge is -2.10. The standard InChI is InChI=1S/C12H15F2NO2S2/c13-9-1-2-11(14)12(7-9)18-5-4-15-10-3-6-19(16,17)8-10/h1-2,7,10,15H,3-6,8H2. The van der Waals surface area contributed by atoms with E-state index in [1.54, 1.807) is 0 Å². The van der Waals surface area contributed by atoms with Crippen molar-refractivity contribution in [1.29, 1.82) is 0 Å². The zero-order valence-electron chi connectivity index (χ0n) is 10.2. The Morgan fingerprint density at radius 3 is 2.84 bits per heavy atom. The van der Waals surface area contributed by atoms with Gasteiger partial charge in [0.15, 0.2) is 9.84 Å². The maximum Gasteiger partial charge on any atom is 0.151 e. The Kier molecular flexibility index (Phi) is 4.81. The topological polar surface area (TPSA) is 46.2 Å². The molecule has 2 rings (SSSR count). The van der Waals surface area contributed by atoms with Crippen LogP contribution in [0.3, 0.4) is 0 Å². The number of nitrogens with one attached hydrogen (secondary N) is 1. The van der Waals surface area contributed by atoms with Crippen LogP contribution in [0.25, 0.3) is 0 Å². The summed E-state index contributed by atoms with van der Waals surface area (Å²) in [5.41, 5.74) is 0. The van der Waals surface area contributed by atoms with E-state index in [1.165, 1.54) is 17.8 Å². The van der Waals surface area contributed by atoms with Crippen LogP contribution in [0.4, 0.5) is 8.78 Å². The summed E-state index contributed by atoms with van der Waals surface area (Å²) in [4.78, 5) is 0.279. The van der Waals surface area contributed by atoms with Gasteiger partial charge in [-0.3, -0.25) is 0 Å². The molecule has 1 unspecified atom stereocenters. The minimum absolute atomic E-state index is 0.0112. The van der Waals surface area contributed by atoms with E-state index in [1.807, 2.05) is 0 Å². The Hall–Kier alpha value is -0.660. The maximum absolute atomic E-state index is 13.3. The van der Waals surface area contributed by atoms with Gasteiger partial charge >= 0.3 is 0 Å². The normalized spacial score (nSPS) is 21.7. The van der Waals surface area contributed by atoms with Crippen molar-refractivity contribution >= 4 is 21.6 Å². The first-order chi connectivity index (χ1) is 8.96. The van der Waals surface area contributed by atoms with Gasteiger partial charge in [-0.2, -0.15) is 0 Å². The van der Waals surface area contributed by atoms with Crippen LogP contribution in [0.1, 0.15) is 6.42 Å². The fraction of sp³-hybridized carbons (Fsp3) is 0.500. The molecule has 0 aromatic heterocycles. The van der Waals surface area contributed by atoms with Crippen LogP contribution in [0.15, 0.2) is 23.1 Å². The molecule has 0 spiro atoms. The van der Waals surface area contributed by atoms with E-state index in [4.69, 9.17) is 0 Å².